The molecule has 1 fully saturated rings. The van der Waals surface area contributed by atoms with Crippen LogP contribution in [0.2, 0.25) is 0 Å². The van der Waals surface area contributed by atoms with E-state index in [0.717, 1.165) is 25.7 Å². The largest absolute Gasteiger partial charge is 0.314 e. The van der Waals surface area contributed by atoms with E-state index in [1.165, 1.54) is 19.3 Å². The highest BCUT2D eigenvalue weighted by atomic mass is 16.1. The van der Waals surface area contributed by atoms with Crippen LogP contribution in [0.3, 0.4) is 0 Å². The molecule has 0 amide bonds. The lowest BCUT2D eigenvalue weighted by Crippen LogP contribution is -2.46. The standard InChI is InChI=1S/C14H23NO/c1-3-4-6-9-13(16)12-14(15-2)10-7-5-8-11-14/h1,15H,4-12H2,2H3. The zero-order chi connectivity index (χ0) is 11.9. The first-order valence-electron chi connectivity index (χ1n) is 6.36. The summed E-state index contributed by atoms with van der Waals surface area (Å²) in [5.74, 6) is 2.95. The summed E-state index contributed by atoms with van der Waals surface area (Å²) in [5.41, 5.74) is 0.0888. The minimum atomic E-state index is 0.0888. The normalized spacial score (nSPS) is 19.0. The SMILES string of the molecule is C#CCCCC(=O)CC1(NC)CCCCC1. The van der Waals surface area contributed by atoms with Crippen LogP contribution < -0.4 is 5.32 Å². The molecule has 16 heavy (non-hydrogen) atoms. The Bertz CT molecular complexity index is 258. The predicted octanol–water partition coefficient (Wildman–Crippen LogP) is 2.67. The number of carbonyl (C=O) groups is 1. The lowest BCUT2D eigenvalue weighted by atomic mass is 9.78. The van der Waals surface area contributed by atoms with E-state index >= 15 is 0 Å². The van der Waals surface area contributed by atoms with E-state index in [1.54, 1.807) is 0 Å². The van der Waals surface area contributed by atoms with Gasteiger partial charge in [0.25, 0.3) is 0 Å². The van der Waals surface area contributed by atoms with Gasteiger partial charge in [-0.15, -0.1) is 12.3 Å². The van der Waals surface area contributed by atoms with Crippen LogP contribution in [0.4, 0.5) is 0 Å². The molecule has 2 nitrogen and oxygen atoms in total. The fraction of sp³-hybridized carbons (Fsp3) is 0.786. The van der Waals surface area contributed by atoms with Gasteiger partial charge in [0, 0.05) is 24.8 Å². The van der Waals surface area contributed by atoms with E-state index in [1.807, 2.05) is 7.05 Å². The van der Waals surface area contributed by atoms with Crippen molar-refractivity contribution in [3.63, 3.8) is 0 Å². The number of nitrogens with one attached hydrogen (secondary N) is 1. The molecule has 0 heterocycles. The number of ketones is 1. The van der Waals surface area contributed by atoms with E-state index in [0.29, 0.717) is 18.6 Å². The van der Waals surface area contributed by atoms with Crippen LogP contribution in [-0.4, -0.2) is 18.4 Å². The first kappa shape index (κ1) is 13.3. The molecule has 1 rings (SSSR count). The van der Waals surface area contributed by atoms with Crippen LogP contribution in [0, 0.1) is 12.3 Å². The molecule has 0 spiro atoms. The molecule has 1 aliphatic carbocycles. The molecule has 0 atom stereocenters. The van der Waals surface area contributed by atoms with Gasteiger partial charge in [-0.25, -0.2) is 0 Å². The lowest BCUT2D eigenvalue weighted by Gasteiger charge is -2.36. The topological polar surface area (TPSA) is 29.1 Å². The summed E-state index contributed by atoms with van der Waals surface area (Å²) in [6.45, 7) is 0. The van der Waals surface area contributed by atoms with Gasteiger partial charge in [-0.3, -0.25) is 4.79 Å². The van der Waals surface area contributed by atoms with Crippen LogP contribution in [-0.2, 0) is 4.79 Å². The average molecular weight is 221 g/mol. The molecule has 2 heteroatoms. The van der Waals surface area contributed by atoms with E-state index in [4.69, 9.17) is 6.42 Å². The van der Waals surface area contributed by atoms with Gasteiger partial charge in [0.1, 0.15) is 5.78 Å². The maximum atomic E-state index is 11.8. The van der Waals surface area contributed by atoms with Crippen LogP contribution in [0.15, 0.2) is 0 Å². The number of carbonyl (C=O) groups excluding carboxylic acids is 1. The van der Waals surface area contributed by atoms with Crippen molar-refractivity contribution in [3.05, 3.63) is 0 Å². The zero-order valence-electron chi connectivity index (χ0n) is 10.3. The maximum Gasteiger partial charge on any atom is 0.134 e. The molecule has 1 aliphatic rings. The molecule has 90 valence electrons. The Balaban J connectivity index is 2.37. The molecule has 0 aromatic rings. The molecule has 0 aromatic carbocycles. The van der Waals surface area contributed by atoms with Gasteiger partial charge in [-0.2, -0.15) is 0 Å². The van der Waals surface area contributed by atoms with Crippen molar-refractivity contribution in [2.24, 2.45) is 0 Å². The number of unbranched alkanes of at least 4 members (excludes halogenated alkanes) is 1. The van der Waals surface area contributed by atoms with Crippen molar-refractivity contribution in [1.29, 1.82) is 0 Å². The molecule has 1 N–H and O–H groups in total. The van der Waals surface area contributed by atoms with Crippen molar-refractivity contribution >= 4 is 5.78 Å². The Kier molecular flexibility index (Phi) is 5.55. The van der Waals surface area contributed by atoms with Crippen LogP contribution >= 0.6 is 0 Å². The second-order valence-electron chi connectivity index (χ2n) is 4.86. The lowest BCUT2D eigenvalue weighted by molar-refractivity contribution is -0.120. The molecule has 0 unspecified atom stereocenters. The van der Waals surface area contributed by atoms with Crippen molar-refractivity contribution < 1.29 is 4.79 Å². The third kappa shape index (κ3) is 3.98. The third-order valence-corrected chi connectivity index (χ3v) is 3.65. The van der Waals surface area contributed by atoms with Gasteiger partial charge in [0.2, 0.25) is 0 Å². The molecule has 0 saturated heterocycles. The van der Waals surface area contributed by atoms with Gasteiger partial charge in [-0.05, 0) is 26.3 Å². The van der Waals surface area contributed by atoms with Gasteiger partial charge in [0.15, 0.2) is 0 Å². The van der Waals surface area contributed by atoms with Gasteiger partial charge in [-0.1, -0.05) is 19.3 Å². The third-order valence-electron chi connectivity index (χ3n) is 3.65. The van der Waals surface area contributed by atoms with Gasteiger partial charge < -0.3 is 5.32 Å². The van der Waals surface area contributed by atoms with E-state index < -0.39 is 0 Å². The molecular weight excluding hydrogens is 198 g/mol. The average Bonchev–Trinajstić information content (AvgIpc) is 2.30. The van der Waals surface area contributed by atoms with Crippen LogP contribution in [0.1, 0.15) is 57.8 Å². The second kappa shape index (κ2) is 6.70. The maximum absolute atomic E-state index is 11.8. The van der Waals surface area contributed by atoms with Crippen LogP contribution in [0.5, 0.6) is 0 Å². The summed E-state index contributed by atoms with van der Waals surface area (Å²) in [6.07, 6.45) is 14.2. The Hall–Kier alpha value is -0.810. The van der Waals surface area contributed by atoms with Crippen molar-refractivity contribution in [3.8, 4) is 12.3 Å². The highest BCUT2D eigenvalue weighted by molar-refractivity contribution is 5.79. The second-order valence-corrected chi connectivity index (χ2v) is 4.86. The minimum Gasteiger partial charge on any atom is -0.314 e. The van der Waals surface area contributed by atoms with Gasteiger partial charge >= 0.3 is 0 Å². The van der Waals surface area contributed by atoms with Crippen molar-refractivity contribution in [1.82, 2.24) is 5.32 Å². The Labute approximate surface area is 99.2 Å². The summed E-state index contributed by atoms with van der Waals surface area (Å²) in [6, 6.07) is 0. The highest BCUT2D eigenvalue weighted by Gasteiger charge is 2.31. The zero-order valence-corrected chi connectivity index (χ0v) is 10.3. The number of terminal acetylenes is 1. The number of rotatable bonds is 6. The Morgan fingerprint density at radius 1 is 1.38 bits per heavy atom. The monoisotopic (exact) mass is 221 g/mol. The number of Topliss-reactive ketones (excluding diaryl/α,β-unsaturated/α-hetero) is 1. The van der Waals surface area contributed by atoms with E-state index in [9.17, 15) is 4.79 Å². The molecule has 0 radical (unpaired) electrons. The minimum absolute atomic E-state index is 0.0888. The quantitative estimate of drug-likeness (QED) is 0.552. The molecule has 0 bridgehead atoms. The summed E-state index contributed by atoms with van der Waals surface area (Å²) in [5, 5.41) is 3.38. The summed E-state index contributed by atoms with van der Waals surface area (Å²) >= 11 is 0. The molecule has 0 aliphatic heterocycles. The van der Waals surface area contributed by atoms with Crippen molar-refractivity contribution in [2.75, 3.05) is 7.05 Å². The van der Waals surface area contributed by atoms with E-state index in [2.05, 4.69) is 11.2 Å². The molecule has 1 saturated carbocycles. The van der Waals surface area contributed by atoms with Crippen molar-refractivity contribution in [2.45, 2.75) is 63.3 Å². The molecule has 0 aromatic heterocycles. The first-order chi connectivity index (χ1) is 7.72. The first-order valence-corrected chi connectivity index (χ1v) is 6.36. The van der Waals surface area contributed by atoms with Crippen LogP contribution in [0.25, 0.3) is 0 Å². The highest BCUT2D eigenvalue weighted by Crippen LogP contribution is 2.31. The van der Waals surface area contributed by atoms with Gasteiger partial charge in [0.05, 0.1) is 0 Å². The van der Waals surface area contributed by atoms with E-state index in [-0.39, 0.29) is 5.54 Å². The predicted molar refractivity (Wildman–Crippen MR) is 67.2 cm³/mol. The summed E-state index contributed by atoms with van der Waals surface area (Å²) < 4.78 is 0. The number of hydrogen-bond donors (Lipinski definition) is 1. The fourth-order valence-corrected chi connectivity index (χ4v) is 2.60. The molecular formula is C14H23NO. The Morgan fingerprint density at radius 3 is 2.62 bits per heavy atom. The summed E-state index contributed by atoms with van der Waals surface area (Å²) in [7, 11) is 1.99. The summed E-state index contributed by atoms with van der Waals surface area (Å²) in [4.78, 5) is 11.8. The smallest absolute Gasteiger partial charge is 0.134 e. The number of hydrogen-bond acceptors (Lipinski definition) is 2. The fourth-order valence-electron chi connectivity index (χ4n) is 2.60. The Morgan fingerprint density at radius 2 is 2.06 bits per heavy atom.